The molecule has 2 N–H and O–H groups in total. The Morgan fingerprint density at radius 3 is 2.14 bits per heavy atom. The number of hydrogen-bond donors (Lipinski definition) is 2. The standard InChI is InChI=1S/C22H26N2O4S/c1-28-22(27)18(13-14-29-2)23-21(26)19(15-16-9-5-3-6-10-16)24-20(25)17-11-7-4-8-12-17/h3-12,18-19H,13-15H2,1-2H3,(H,23,26)(H,24,25)/t18-,19-/m0/s1. The van der Waals surface area contributed by atoms with E-state index in [0.29, 0.717) is 24.2 Å². The first-order valence-electron chi connectivity index (χ1n) is 9.32. The Labute approximate surface area is 175 Å². The molecule has 0 aromatic heterocycles. The van der Waals surface area contributed by atoms with E-state index >= 15 is 0 Å². The maximum absolute atomic E-state index is 13.0. The van der Waals surface area contributed by atoms with Crippen LogP contribution in [0.25, 0.3) is 0 Å². The summed E-state index contributed by atoms with van der Waals surface area (Å²) in [6.07, 6.45) is 2.68. The molecule has 0 aliphatic carbocycles. The van der Waals surface area contributed by atoms with Crippen molar-refractivity contribution in [2.75, 3.05) is 19.1 Å². The molecule has 0 heterocycles. The van der Waals surface area contributed by atoms with Crippen molar-refractivity contribution in [2.45, 2.75) is 24.9 Å². The summed E-state index contributed by atoms with van der Waals surface area (Å²) >= 11 is 1.58. The summed E-state index contributed by atoms with van der Waals surface area (Å²) in [5.74, 6) is -0.574. The first-order chi connectivity index (χ1) is 14.0. The van der Waals surface area contributed by atoms with Crippen molar-refractivity contribution in [3.05, 3.63) is 71.8 Å². The zero-order valence-corrected chi connectivity index (χ0v) is 17.4. The summed E-state index contributed by atoms with van der Waals surface area (Å²) < 4.78 is 4.81. The second-order valence-electron chi connectivity index (χ2n) is 6.45. The Hall–Kier alpha value is -2.80. The molecule has 6 nitrogen and oxygen atoms in total. The second kappa shape index (κ2) is 11.9. The Bertz CT molecular complexity index is 799. The zero-order valence-electron chi connectivity index (χ0n) is 16.6. The van der Waals surface area contributed by atoms with E-state index in [0.717, 1.165) is 5.56 Å². The van der Waals surface area contributed by atoms with Gasteiger partial charge in [0.2, 0.25) is 5.91 Å². The maximum atomic E-state index is 13.0. The Balaban J connectivity index is 2.17. The van der Waals surface area contributed by atoms with Gasteiger partial charge in [0.1, 0.15) is 12.1 Å². The summed E-state index contributed by atoms with van der Waals surface area (Å²) in [5, 5.41) is 5.53. The van der Waals surface area contributed by atoms with Gasteiger partial charge in [-0.15, -0.1) is 0 Å². The fourth-order valence-corrected chi connectivity index (χ4v) is 3.26. The van der Waals surface area contributed by atoms with Crippen molar-refractivity contribution >= 4 is 29.5 Å². The number of esters is 1. The highest BCUT2D eigenvalue weighted by Gasteiger charge is 2.27. The Kier molecular flexibility index (Phi) is 9.24. The molecule has 2 aromatic rings. The number of hydrogen-bond acceptors (Lipinski definition) is 5. The number of benzene rings is 2. The largest absolute Gasteiger partial charge is 0.467 e. The molecule has 0 aliphatic heterocycles. The van der Waals surface area contributed by atoms with Gasteiger partial charge in [0, 0.05) is 12.0 Å². The third kappa shape index (κ3) is 7.27. The molecular formula is C22H26N2O4S. The predicted octanol–water partition coefficient (Wildman–Crippen LogP) is 2.44. The fourth-order valence-electron chi connectivity index (χ4n) is 2.79. The molecule has 29 heavy (non-hydrogen) atoms. The molecule has 2 atom stereocenters. The highest BCUT2D eigenvalue weighted by molar-refractivity contribution is 7.98. The molecule has 2 rings (SSSR count). The number of carbonyl (C=O) groups is 3. The monoisotopic (exact) mass is 414 g/mol. The molecule has 0 bridgehead atoms. The van der Waals surface area contributed by atoms with Gasteiger partial charge in [0.15, 0.2) is 0 Å². The first-order valence-corrected chi connectivity index (χ1v) is 10.7. The van der Waals surface area contributed by atoms with Crippen LogP contribution in [0.1, 0.15) is 22.3 Å². The van der Waals surface area contributed by atoms with Gasteiger partial charge in [-0.3, -0.25) is 9.59 Å². The summed E-state index contributed by atoms with van der Waals surface area (Å²) in [5.41, 5.74) is 1.37. The molecule has 0 radical (unpaired) electrons. The Morgan fingerprint density at radius 2 is 1.55 bits per heavy atom. The van der Waals surface area contributed by atoms with Crippen LogP contribution in [0.5, 0.6) is 0 Å². The average Bonchev–Trinajstić information content (AvgIpc) is 2.76. The molecule has 0 saturated carbocycles. The Morgan fingerprint density at radius 1 is 0.931 bits per heavy atom. The molecule has 0 aliphatic rings. The molecule has 154 valence electrons. The minimum Gasteiger partial charge on any atom is -0.467 e. The number of thioether (sulfide) groups is 1. The molecule has 7 heteroatoms. The van der Waals surface area contributed by atoms with Crippen molar-refractivity contribution < 1.29 is 19.1 Å². The lowest BCUT2D eigenvalue weighted by atomic mass is 10.0. The van der Waals surface area contributed by atoms with E-state index in [1.165, 1.54) is 7.11 Å². The van der Waals surface area contributed by atoms with E-state index in [4.69, 9.17) is 4.74 Å². The van der Waals surface area contributed by atoms with Crippen LogP contribution < -0.4 is 10.6 Å². The lowest BCUT2D eigenvalue weighted by Crippen LogP contribution is -2.52. The summed E-state index contributed by atoms with van der Waals surface area (Å²) in [4.78, 5) is 37.6. The van der Waals surface area contributed by atoms with E-state index < -0.39 is 24.0 Å². The van der Waals surface area contributed by atoms with Crippen LogP contribution in [0, 0.1) is 0 Å². The normalized spacial score (nSPS) is 12.5. The molecular weight excluding hydrogens is 388 g/mol. The third-order valence-electron chi connectivity index (χ3n) is 4.35. The van der Waals surface area contributed by atoms with Crippen LogP contribution in [0.2, 0.25) is 0 Å². The highest BCUT2D eigenvalue weighted by Crippen LogP contribution is 2.08. The smallest absolute Gasteiger partial charge is 0.328 e. The summed E-state index contributed by atoms with van der Waals surface area (Å²) in [7, 11) is 1.29. The van der Waals surface area contributed by atoms with Gasteiger partial charge in [-0.25, -0.2) is 4.79 Å². The first kappa shape index (κ1) is 22.5. The molecule has 0 spiro atoms. The average molecular weight is 415 g/mol. The minimum absolute atomic E-state index is 0.307. The van der Waals surface area contributed by atoms with Crippen molar-refractivity contribution in [2.24, 2.45) is 0 Å². The van der Waals surface area contributed by atoms with E-state index in [9.17, 15) is 14.4 Å². The second-order valence-corrected chi connectivity index (χ2v) is 7.43. The fraction of sp³-hybridized carbons (Fsp3) is 0.318. The SMILES string of the molecule is COC(=O)[C@H](CCSC)NC(=O)[C@H](Cc1ccccc1)NC(=O)c1ccccc1. The number of amides is 2. The lowest BCUT2D eigenvalue weighted by molar-refractivity contribution is -0.145. The van der Waals surface area contributed by atoms with Gasteiger partial charge < -0.3 is 15.4 Å². The molecule has 0 fully saturated rings. The molecule has 2 aromatic carbocycles. The van der Waals surface area contributed by atoms with Gasteiger partial charge in [-0.05, 0) is 36.1 Å². The van der Waals surface area contributed by atoms with Crippen LogP contribution >= 0.6 is 11.8 Å². The van der Waals surface area contributed by atoms with E-state index in [2.05, 4.69) is 10.6 Å². The predicted molar refractivity (Wildman–Crippen MR) is 115 cm³/mol. The van der Waals surface area contributed by atoms with Crippen LogP contribution in [0.3, 0.4) is 0 Å². The van der Waals surface area contributed by atoms with Gasteiger partial charge in [-0.2, -0.15) is 11.8 Å². The van der Waals surface area contributed by atoms with E-state index in [1.54, 1.807) is 36.0 Å². The summed E-state index contributed by atoms with van der Waals surface area (Å²) in [6, 6.07) is 16.5. The molecule has 0 saturated heterocycles. The van der Waals surface area contributed by atoms with Crippen molar-refractivity contribution in [1.82, 2.24) is 10.6 Å². The molecule has 2 amide bonds. The van der Waals surface area contributed by atoms with Crippen molar-refractivity contribution in [3.63, 3.8) is 0 Å². The van der Waals surface area contributed by atoms with E-state index in [1.807, 2.05) is 42.7 Å². The van der Waals surface area contributed by atoms with Crippen molar-refractivity contribution in [3.8, 4) is 0 Å². The maximum Gasteiger partial charge on any atom is 0.328 e. The topological polar surface area (TPSA) is 84.5 Å². The van der Waals surface area contributed by atoms with Gasteiger partial charge in [-0.1, -0.05) is 48.5 Å². The number of rotatable bonds is 10. The van der Waals surface area contributed by atoms with Gasteiger partial charge in [0.05, 0.1) is 7.11 Å². The van der Waals surface area contributed by atoms with Crippen LogP contribution in [-0.2, 0) is 20.7 Å². The number of carbonyl (C=O) groups excluding carboxylic acids is 3. The summed E-state index contributed by atoms with van der Waals surface area (Å²) in [6.45, 7) is 0. The third-order valence-corrected chi connectivity index (χ3v) is 5.00. The molecule has 0 unspecified atom stereocenters. The quantitative estimate of drug-likeness (QED) is 0.584. The van der Waals surface area contributed by atoms with Crippen LogP contribution in [0.15, 0.2) is 60.7 Å². The number of nitrogens with one attached hydrogen (secondary N) is 2. The minimum atomic E-state index is -0.827. The number of ether oxygens (including phenoxy) is 1. The lowest BCUT2D eigenvalue weighted by Gasteiger charge is -2.22. The van der Waals surface area contributed by atoms with Crippen LogP contribution in [0.4, 0.5) is 0 Å². The van der Waals surface area contributed by atoms with Crippen LogP contribution in [-0.4, -0.2) is 49.0 Å². The van der Waals surface area contributed by atoms with Gasteiger partial charge in [0.25, 0.3) is 5.91 Å². The number of methoxy groups -OCH3 is 1. The highest BCUT2D eigenvalue weighted by atomic mass is 32.2. The van der Waals surface area contributed by atoms with E-state index in [-0.39, 0.29) is 5.91 Å². The zero-order chi connectivity index (χ0) is 21.1. The van der Waals surface area contributed by atoms with Crippen molar-refractivity contribution in [1.29, 1.82) is 0 Å². The van der Waals surface area contributed by atoms with Gasteiger partial charge >= 0.3 is 5.97 Å².